The average Bonchev–Trinajstić information content (AvgIpc) is 3.25. The van der Waals surface area contributed by atoms with Gasteiger partial charge in [0.2, 0.25) is 5.95 Å². The normalized spacial score (nSPS) is 14.7. The fraction of sp³-hybridized carbons (Fsp3) is 0.417. The molecule has 0 aliphatic carbocycles. The molecule has 1 amide bonds. The summed E-state index contributed by atoms with van der Waals surface area (Å²) in [7, 11) is 0. The molecule has 0 spiro atoms. The molecule has 3 aromatic rings. The Hall–Kier alpha value is -3.62. The number of nitrogens with one attached hydrogen (secondary N) is 1. The van der Waals surface area contributed by atoms with Crippen molar-refractivity contribution in [1.82, 2.24) is 24.6 Å². The summed E-state index contributed by atoms with van der Waals surface area (Å²) in [5, 5.41) is 7.72. The fourth-order valence-corrected chi connectivity index (χ4v) is 3.53. The number of likely N-dealkylation sites (tertiary alicyclic amines) is 1. The van der Waals surface area contributed by atoms with E-state index in [1.54, 1.807) is 22.1 Å². The summed E-state index contributed by atoms with van der Waals surface area (Å²) < 4.78 is 13.3. The SMILES string of the molecule is Cc1ncc(OC2CCN(C(=O)OC(C)(C)C)CC2)cc1Nc1ncn(-c2ccccc2)n1. The molecule has 1 N–H and O–H groups in total. The second-order valence-electron chi connectivity index (χ2n) is 9.06. The maximum Gasteiger partial charge on any atom is 0.410 e. The van der Waals surface area contributed by atoms with Crippen LogP contribution in [0.2, 0.25) is 0 Å². The molecule has 0 atom stereocenters. The van der Waals surface area contributed by atoms with Crippen molar-refractivity contribution in [3.63, 3.8) is 0 Å². The highest BCUT2D eigenvalue weighted by molar-refractivity contribution is 5.68. The van der Waals surface area contributed by atoms with E-state index in [9.17, 15) is 4.79 Å². The van der Waals surface area contributed by atoms with Crippen molar-refractivity contribution in [3.8, 4) is 11.4 Å². The minimum Gasteiger partial charge on any atom is -0.489 e. The van der Waals surface area contributed by atoms with Crippen molar-refractivity contribution in [2.75, 3.05) is 18.4 Å². The molecule has 9 heteroatoms. The number of anilines is 2. The van der Waals surface area contributed by atoms with Gasteiger partial charge in [-0.05, 0) is 39.8 Å². The smallest absolute Gasteiger partial charge is 0.410 e. The van der Waals surface area contributed by atoms with Crippen LogP contribution in [0.5, 0.6) is 5.75 Å². The summed E-state index contributed by atoms with van der Waals surface area (Å²) in [6, 6.07) is 11.7. The predicted molar refractivity (Wildman–Crippen MR) is 125 cm³/mol. The first kappa shape index (κ1) is 22.6. The van der Waals surface area contributed by atoms with Crippen LogP contribution < -0.4 is 10.1 Å². The van der Waals surface area contributed by atoms with E-state index in [4.69, 9.17) is 9.47 Å². The summed E-state index contributed by atoms with van der Waals surface area (Å²) in [5.74, 6) is 1.15. The number of carbonyl (C=O) groups is 1. The van der Waals surface area contributed by atoms with E-state index in [0.717, 1.165) is 29.9 Å². The first-order valence-electron chi connectivity index (χ1n) is 11.1. The number of piperidine rings is 1. The molecular weight excluding hydrogens is 420 g/mol. The summed E-state index contributed by atoms with van der Waals surface area (Å²) in [6.07, 6.45) is 4.59. The van der Waals surface area contributed by atoms with Gasteiger partial charge in [-0.2, -0.15) is 4.98 Å². The molecule has 2 aromatic heterocycles. The van der Waals surface area contributed by atoms with Gasteiger partial charge in [-0.3, -0.25) is 4.98 Å². The molecule has 1 fully saturated rings. The molecule has 9 nitrogen and oxygen atoms in total. The van der Waals surface area contributed by atoms with Gasteiger partial charge in [-0.1, -0.05) is 18.2 Å². The van der Waals surface area contributed by atoms with Gasteiger partial charge in [0.25, 0.3) is 0 Å². The first-order valence-corrected chi connectivity index (χ1v) is 11.1. The second kappa shape index (κ2) is 9.48. The van der Waals surface area contributed by atoms with Crippen LogP contribution in [0.15, 0.2) is 48.9 Å². The fourth-order valence-electron chi connectivity index (χ4n) is 3.53. The van der Waals surface area contributed by atoms with Crippen LogP contribution in [-0.4, -0.2) is 55.5 Å². The lowest BCUT2D eigenvalue weighted by atomic mass is 10.1. The third-order valence-electron chi connectivity index (χ3n) is 5.22. The van der Waals surface area contributed by atoms with Crippen LogP contribution in [0.3, 0.4) is 0 Å². The molecule has 3 heterocycles. The quantitative estimate of drug-likeness (QED) is 0.612. The minimum atomic E-state index is -0.493. The standard InChI is InChI=1S/C24H30N6O3/c1-17-21(27-22-26-16-30(28-22)18-8-6-5-7-9-18)14-20(15-25-17)32-19-10-12-29(13-11-19)23(31)33-24(2,3)4/h5-9,14-16,19H,10-13H2,1-4H3,(H,27,28). The lowest BCUT2D eigenvalue weighted by Crippen LogP contribution is -2.44. The Morgan fingerprint density at radius 3 is 2.55 bits per heavy atom. The van der Waals surface area contributed by atoms with E-state index in [2.05, 4.69) is 20.4 Å². The molecule has 1 aliphatic rings. The summed E-state index contributed by atoms with van der Waals surface area (Å²) in [6.45, 7) is 8.74. The molecule has 0 unspecified atom stereocenters. The Kier molecular flexibility index (Phi) is 6.48. The number of para-hydroxylation sites is 1. The van der Waals surface area contributed by atoms with Crippen LogP contribution in [0.25, 0.3) is 5.69 Å². The Morgan fingerprint density at radius 2 is 1.85 bits per heavy atom. The molecule has 33 heavy (non-hydrogen) atoms. The third kappa shape index (κ3) is 6.00. The van der Waals surface area contributed by atoms with Gasteiger partial charge in [0, 0.05) is 32.0 Å². The Labute approximate surface area is 193 Å². The molecule has 0 bridgehead atoms. The van der Waals surface area contributed by atoms with E-state index in [1.807, 2.05) is 64.1 Å². The number of amides is 1. The van der Waals surface area contributed by atoms with Crippen LogP contribution in [-0.2, 0) is 4.74 Å². The van der Waals surface area contributed by atoms with E-state index in [1.165, 1.54) is 0 Å². The molecule has 1 aromatic carbocycles. The van der Waals surface area contributed by atoms with Crippen molar-refractivity contribution in [2.24, 2.45) is 0 Å². The van der Waals surface area contributed by atoms with E-state index in [-0.39, 0.29) is 12.2 Å². The van der Waals surface area contributed by atoms with Gasteiger partial charge in [0.1, 0.15) is 23.8 Å². The Balaban J connectivity index is 1.36. The number of ether oxygens (including phenoxy) is 2. The first-order chi connectivity index (χ1) is 15.8. The molecule has 1 saturated heterocycles. The second-order valence-corrected chi connectivity index (χ2v) is 9.06. The Morgan fingerprint density at radius 1 is 1.12 bits per heavy atom. The van der Waals surface area contributed by atoms with Gasteiger partial charge >= 0.3 is 6.09 Å². The van der Waals surface area contributed by atoms with Crippen molar-refractivity contribution in [3.05, 3.63) is 54.6 Å². The van der Waals surface area contributed by atoms with E-state index in [0.29, 0.717) is 24.8 Å². The average molecular weight is 451 g/mol. The van der Waals surface area contributed by atoms with Crippen molar-refractivity contribution in [1.29, 1.82) is 0 Å². The van der Waals surface area contributed by atoms with Gasteiger partial charge in [0.05, 0.1) is 23.3 Å². The number of aromatic nitrogens is 4. The van der Waals surface area contributed by atoms with E-state index >= 15 is 0 Å². The number of pyridine rings is 1. The van der Waals surface area contributed by atoms with Crippen molar-refractivity contribution in [2.45, 2.75) is 52.2 Å². The number of carbonyl (C=O) groups excluding carboxylic acids is 1. The maximum atomic E-state index is 12.3. The number of aryl methyl sites for hydroxylation is 1. The minimum absolute atomic E-state index is 0.0106. The van der Waals surface area contributed by atoms with Crippen molar-refractivity contribution >= 4 is 17.7 Å². The molecular formula is C24H30N6O3. The highest BCUT2D eigenvalue weighted by atomic mass is 16.6. The lowest BCUT2D eigenvalue weighted by Gasteiger charge is -2.33. The summed E-state index contributed by atoms with van der Waals surface area (Å²) >= 11 is 0. The lowest BCUT2D eigenvalue weighted by molar-refractivity contribution is 0.0126. The van der Waals surface area contributed by atoms with Gasteiger partial charge in [-0.25, -0.2) is 9.48 Å². The maximum absolute atomic E-state index is 12.3. The molecule has 4 rings (SSSR count). The number of rotatable bonds is 5. The molecule has 0 radical (unpaired) electrons. The number of benzene rings is 1. The summed E-state index contributed by atoms with van der Waals surface area (Å²) in [4.78, 5) is 22.8. The van der Waals surface area contributed by atoms with Gasteiger partial charge < -0.3 is 19.7 Å². The van der Waals surface area contributed by atoms with Crippen LogP contribution in [0.1, 0.15) is 39.3 Å². The highest BCUT2D eigenvalue weighted by Crippen LogP contribution is 2.25. The van der Waals surface area contributed by atoms with Gasteiger partial charge in [0.15, 0.2) is 0 Å². The molecule has 1 aliphatic heterocycles. The number of hydrogen-bond donors (Lipinski definition) is 1. The number of hydrogen-bond acceptors (Lipinski definition) is 7. The van der Waals surface area contributed by atoms with Crippen LogP contribution in [0.4, 0.5) is 16.4 Å². The van der Waals surface area contributed by atoms with E-state index < -0.39 is 5.60 Å². The zero-order valence-electron chi connectivity index (χ0n) is 19.5. The zero-order chi connectivity index (χ0) is 23.4. The Bertz CT molecular complexity index is 1090. The molecule has 0 saturated carbocycles. The zero-order valence-corrected chi connectivity index (χ0v) is 19.5. The largest absolute Gasteiger partial charge is 0.489 e. The van der Waals surface area contributed by atoms with Crippen molar-refractivity contribution < 1.29 is 14.3 Å². The topological polar surface area (TPSA) is 94.4 Å². The molecule has 174 valence electrons. The van der Waals surface area contributed by atoms with Crippen LogP contribution >= 0.6 is 0 Å². The predicted octanol–water partition coefficient (Wildman–Crippen LogP) is 4.49. The third-order valence-corrected chi connectivity index (χ3v) is 5.22. The van der Waals surface area contributed by atoms with Gasteiger partial charge in [-0.15, -0.1) is 5.10 Å². The van der Waals surface area contributed by atoms with Crippen LogP contribution in [0, 0.1) is 6.92 Å². The summed E-state index contributed by atoms with van der Waals surface area (Å²) in [5.41, 5.74) is 2.04. The monoisotopic (exact) mass is 450 g/mol. The number of nitrogens with zero attached hydrogens (tertiary/aromatic N) is 5. The highest BCUT2D eigenvalue weighted by Gasteiger charge is 2.27.